The van der Waals surface area contributed by atoms with Gasteiger partial charge < -0.3 is 20.3 Å². The van der Waals surface area contributed by atoms with Crippen LogP contribution in [0.3, 0.4) is 0 Å². The number of amides is 1. The summed E-state index contributed by atoms with van der Waals surface area (Å²) in [4.78, 5) is 15.6. The molecular formula is C26H37N5O2. The third-order valence-electron chi connectivity index (χ3n) is 6.55. The zero-order chi connectivity index (χ0) is 23.4. The number of anilines is 2. The number of likely N-dealkylation sites (tertiary alicyclic amines) is 1. The van der Waals surface area contributed by atoms with Gasteiger partial charge in [0, 0.05) is 30.9 Å². The van der Waals surface area contributed by atoms with E-state index in [4.69, 9.17) is 4.74 Å². The number of hydrogen-bond acceptors (Lipinski definition) is 6. The van der Waals surface area contributed by atoms with E-state index in [0.29, 0.717) is 29.9 Å². The minimum absolute atomic E-state index is 0.0979. The van der Waals surface area contributed by atoms with Crippen molar-refractivity contribution in [1.29, 1.82) is 0 Å². The van der Waals surface area contributed by atoms with Gasteiger partial charge in [0.2, 0.25) is 5.88 Å². The first-order chi connectivity index (χ1) is 15.9. The largest absolute Gasteiger partial charge is 0.473 e. The molecule has 0 spiro atoms. The van der Waals surface area contributed by atoms with Gasteiger partial charge in [0.1, 0.15) is 5.56 Å². The number of nitrogens with one attached hydrogen (secondary N) is 2. The highest BCUT2D eigenvalue weighted by molar-refractivity contribution is 5.97. The minimum Gasteiger partial charge on any atom is -0.473 e. The summed E-state index contributed by atoms with van der Waals surface area (Å²) in [5.41, 5.74) is 4.18. The van der Waals surface area contributed by atoms with Crippen molar-refractivity contribution < 1.29 is 9.53 Å². The van der Waals surface area contributed by atoms with Crippen molar-refractivity contribution in [2.45, 2.75) is 71.9 Å². The molecule has 0 bridgehead atoms. The highest BCUT2D eigenvalue weighted by Crippen LogP contribution is 2.27. The van der Waals surface area contributed by atoms with Crippen molar-refractivity contribution in [1.82, 2.24) is 20.4 Å². The van der Waals surface area contributed by atoms with Crippen molar-refractivity contribution in [2.24, 2.45) is 5.92 Å². The molecule has 1 saturated heterocycles. The molecular weight excluding hydrogens is 414 g/mol. The Morgan fingerprint density at radius 2 is 1.94 bits per heavy atom. The minimum atomic E-state index is -0.167. The molecule has 2 aromatic rings. The van der Waals surface area contributed by atoms with Crippen molar-refractivity contribution in [2.75, 3.05) is 25.0 Å². The van der Waals surface area contributed by atoms with E-state index in [9.17, 15) is 4.79 Å². The molecule has 1 aliphatic carbocycles. The van der Waals surface area contributed by atoms with Crippen LogP contribution in [0, 0.1) is 5.92 Å². The fourth-order valence-electron chi connectivity index (χ4n) is 4.78. The van der Waals surface area contributed by atoms with Crippen LogP contribution in [0.2, 0.25) is 0 Å². The third kappa shape index (κ3) is 6.02. The maximum Gasteiger partial charge on any atom is 0.256 e. The van der Waals surface area contributed by atoms with Crippen LogP contribution in [-0.2, 0) is 12.8 Å². The molecule has 1 atom stereocenters. The molecule has 2 heterocycles. The number of carbonyl (C=O) groups excluding carboxylic acids is 1. The fraction of sp³-hybridized carbons (Fsp3) is 0.577. The Bertz CT molecular complexity index is 975. The molecule has 0 unspecified atom stereocenters. The molecule has 1 aromatic heterocycles. The smallest absolute Gasteiger partial charge is 0.256 e. The Morgan fingerprint density at radius 3 is 2.73 bits per heavy atom. The maximum absolute atomic E-state index is 13.2. The van der Waals surface area contributed by atoms with Crippen LogP contribution in [0.15, 0.2) is 24.3 Å². The standard InChI is InChI=1S/C26H37N5O2/c1-17(2)31-12-6-7-19(16-31)15-27-25(32)23-14-24(29-30-26(23)33-18(3)4)28-22-11-10-20-8-5-9-21(20)13-22/h10-11,13-14,17-19H,5-9,12,15-16H2,1-4H3,(H,27,32)(H,28,29)/t19-/m1/s1. The number of carbonyl (C=O) groups is 1. The van der Waals surface area contributed by atoms with E-state index in [-0.39, 0.29) is 17.9 Å². The van der Waals surface area contributed by atoms with Gasteiger partial charge in [0.05, 0.1) is 6.10 Å². The second-order valence-electron chi connectivity index (χ2n) is 9.88. The monoisotopic (exact) mass is 451 g/mol. The first-order valence-electron chi connectivity index (χ1n) is 12.3. The molecule has 0 saturated carbocycles. The molecule has 178 valence electrons. The number of hydrogen-bond donors (Lipinski definition) is 2. The molecule has 2 aliphatic rings. The van der Waals surface area contributed by atoms with Gasteiger partial charge in [-0.2, -0.15) is 0 Å². The number of benzene rings is 1. The zero-order valence-corrected chi connectivity index (χ0v) is 20.4. The third-order valence-corrected chi connectivity index (χ3v) is 6.55. The van der Waals surface area contributed by atoms with E-state index in [1.165, 1.54) is 24.0 Å². The Balaban J connectivity index is 1.47. The normalized spacial score (nSPS) is 18.4. The molecule has 2 N–H and O–H groups in total. The summed E-state index contributed by atoms with van der Waals surface area (Å²) in [6, 6.07) is 8.69. The van der Waals surface area contributed by atoms with Gasteiger partial charge in [-0.1, -0.05) is 6.07 Å². The van der Waals surface area contributed by atoms with Gasteiger partial charge in [-0.05, 0) is 95.5 Å². The summed E-state index contributed by atoms with van der Waals surface area (Å²) >= 11 is 0. The number of aryl methyl sites for hydroxylation is 2. The van der Waals surface area contributed by atoms with Crippen molar-refractivity contribution in [3.05, 3.63) is 41.0 Å². The van der Waals surface area contributed by atoms with Crippen molar-refractivity contribution >= 4 is 17.4 Å². The highest BCUT2D eigenvalue weighted by Gasteiger charge is 2.24. The van der Waals surface area contributed by atoms with E-state index in [1.807, 2.05) is 13.8 Å². The summed E-state index contributed by atoms with van der Waals surface area (Å²) in [5, 5.41) is 14.9. The lowest BCUT2D eigenvalue weighted by atomic mass is 9.97. The van der Waals surface area contributed by atoms with Gasteiger partial charge in [0.15, 0.2) is 5.82 Å². The van der Waals surface area contributed by atoms with Gasteiger partial charge in [-0.25, -0.2) is 0 Å². The first-order valence-corrected chi connectivity index (χ1v) is 12.3. The summed E-state index contributed by atoms with van der Waals surface area (Å²) in [5.74, 6) is 1.10. The van der Waals surface area contributed by atoms with Crippen LogP contribution in [-0.4, -0.2) is 52.8 Å². The molecule has 1 amide bonds. The summed E-state index contributed by atoms with van der Waals surface area (Å²) in [6.45, 7) is 11.1. The van der Waals surface area contributed by atoms with E-state index >= 15 is 0 Å². The molecule has 1 fully saturated rings. The van der Waals surface area contributed by atoms with Crippen LogP contribution < -0.4 is 15.4 Å². The number of fused-ring (bicyclic) bond motifs is 1. The number of ether oxygens (including phenoxy) is 1. The van der Waals surface area contributed by atoms with Gasteiger partial charge in [0.25, 0.3) is 5.91 Å². The average molecular weight is 452 g/mol. The number of nitrogens with zero attached hydrogens (tertiary/aromatic N) is 3. The Morgan fingerprint density at radius 1 is 1.12 bits per heavy atom. The Hall–Kier alpha value is -2.67. The summed E-state index contributed by atoms with van der Waals surface area (Å²) < 4.78 is 5.80. The van der Waals surface area contributed by atoms with Crippen LogP contribution in [0.25, 0.3) is 0 Å². The quantitative estimate of drug-likeness (QED) is 0.621. The lowest BCUT2D eigenvalue weighted by Gasteiger charge is -2.35. The van der Waals surface area contributed by atoms with Gasteiger partial charge >= 0.3 is 0 Å². The van der Waals surface area contributed by atoms with E-state index in [1.54, 1.807) is 6.07 Å². The maximum atomic E-state index is 13.2. The topological polar surface area (TPSA) is 79.4 Å². The van der Waals surface area contributed by atoms with Crippen LogP contribution in [0.5, 0.6) is 5.88 Å². The second kappa shape index (κ2) is 10.5. The SMILES string of the molecule is CC(C)Oc1nnc(Nc2ccc3c(c2)CCC3)cc1C(=O)NC[C@H]1CCCN(C(C)C)C1. The molecule has 1 aliphatic heterocycles. The molecule has 33 heavy (non-hydrogen) atoms. The first kappa shape index (κ1) is 23.5. The molecule has 4 rings (SSSR count). The lowest BCUT2D eigenvalue weighted by Crippen LogP contribution is -2.43. The number of piperidine rings is 1. The summed E-state index contributed by atoms with van der Waals surface area (Å²) in [7, 11) is 0. The fourth-order valence-corrected chi connectivity index (χ4v) is 4.78. The lowest BCUT2D eigenvalue weighted by molar-refractivity contribution is 0.0915. The van der Waals surface area contributed by atoms with Crippen LogP contribution >= 0.6 is 0 Å². The second-order valence-corrected chi connectivity index (χ2v) is 9.88. The van der Waals surface area contributed by atoms with Gasteiger partial charge in [-0.3, -0.25) is 4.79 Å². The number of aromatic nitrogens is 2. The Kier molecular flexibility index (Phi) is 7.48. The van der Waals surface area contributed by atoms with Gasteiger partial charge in [-0.15, -0.1) is 10.2 Å². The predicted octanol–water partition coefficient (Wildman–Crippen LogP) is 4.35. The predicted molar refractivity (Wildman–Crippen MR) is 131 cm³/mol. The zero-order valence-electron chi connectivity index (χ0n) is 20.4. The molecule has 1 aromatic carbocycles. The van der Waals surface area contributed by atoms with E-state index < -0.39 is 0 Å². The average Bonchev–Trinajstić information content (AvgIpc) is 3.26. The van der Waals surface area contributed by atoms with Crippen LogP contribution in [0.1, 0.15) is 68.4 Å². The highest BCUT2D eigenvalue weighted by atomic mass is 16.5. The molecule has 7 nitrogen and oxygen atoms in total. The number of rotatable bonds is 8. The van der Waals surface area contributed by atoms with E-state index in [0.717, 1.165) is 38.0 Å². The molecule has 7 heteroatoms. The molecule has 0 radical (unpaired) electrons. The van der Waals surface area contributed by atoms with E-state index in [2.05, 4.69) is 57.8 Å². The Labute approximate surface area is 197 Å². The van der Waals surface area contributed by atoms with Crippen LogP contribution in [0.4, 0.5) is 11.5 Å². The van der Waals surface area contributed by atoms with Crippen molar-refractivity contribution in [3.8, 4) is 5.88 Å². The summed E-state index contributed by atoms with van der Waals surface area (Å²) in [6.07, 6.45) is 5.68. The van der Waals surface area contributed by atoms with Crippen molar-refractivity contribution in [3.63, 3.8) is 0 Å².